The molecule has 9 heteroatoms. The molecule has 1 saturated heterocycles. The molecule has 1 aromatic heterocycles. The van der Waals surface area contributed by atoms with E-state index in [2.05, 4.69) is 0 Å². The molecule has 1 fully saturated rings. The lowest BCUT2D eigenvalue weighted by Gasteiger charge is -2.28. The Labute approximate surface area is 196 Å². The minimum atomic E-state index is -3.18. The maximum Gasteiger partial charge on any atom is 0.266 e. The molecule has 3 aromatic rings. The Bertz CT molecular complexity index is 1290. The number of thiophene rings is 1. The first-order chi connectivity index (χ1) is 15.2. The number of carbonyl (C=O) groups is 1. The molecule has 1 aliphatic heterocycles. The number of carbonyl (C=O) groups excluding carboxylic acids is 1. The number of amides is 1. The second-order valence-corrected chi connectivity index (χ2v) is 11.6. The Kier molecular flexibility index (Phi) is 6.38. The second-order valence-electron chi connectivity index (χ2n) is 7.92. The summed E-state index contributed by atoms with van der Waals surface area (Å²) in [4.78, 5) is 15.8. The Morgan fingerprint density at radius 1 is 1.16 bits per heavy atom. The van der Waals surface area contributed by atoms with E-state index in [4.69, 9.17) is 21.1 Å². The van der Waals surface area contributed by atoms with Gasteiger partial charge in [0.25, 0.3) is 5.91 Å². The molecule has 1 atom stereocenters. The van der Waals surface area contributed by atoms with Crippen LogP contribution < -0.4 is 9.47 Å². The van der Waals surface area contributed by atoms with Crippen LogP contribution in [0.1, 0.15) is 27.2 Å². The molecule has 1 amide bonds. The molecule has 0 bridgehead atoms. The summed E-state index contributed by atoms with van der Waals surface area (Å²) in [7, 11) is -0.0744. The molecule has 4 rings (SSSR count). The number of sulfone groups is 1. The van der Waals surface area contributed by atoms with E-state index in [1.54, 1.807) is 31.3 Å². The van der Waals surface area contributed by atoms with Gasteiger partial charge in [0, 0.05) is 22.7 Å². The van der Waals surface area contributed by atoms with Crippen LogP contribution in [0.2, 0.25) is 5.02 Å². The molecule has 0 radical (unpaired) electrons. The average Bonchev–Trinajstić information content (AvgIpc) is 3.29. The molecular weight excluding hydrogens is 470 g/mol. The van der Waals surface area contributed by atoms with E-state index in [1.807, 2.05) is 31.2 Å². The maximum absolute atomic E-state index is 13.7. The number of benzene rings is 2. The minimum Gasteiger partial charge on any atom is -0.493 e. The Morgan fingerprint density at radius 2 is 1.91 bits per heavy atom. The minimum absolute atomic E-state index is 0.0480. The van der Waals surface area contributed by atoms with E-state index in [9.17, 15) is 13.2 Å². The first-order valence-corrected chi connectivity index (χ1v) is 13.1. The quantitative estimate of drug-likeness (QED) is 0.497. The van der Waals surface area contributed by atoms with Crippen LogP contribution in [0.4, 0.5) is 0 Å². The molecule has 0 spiro atoms. The molecule has 2 aromatic carbocycles. The summed E-state index contributed by atoms with van der Waals surface area (Å²) in [5.41, 5.74) is 1.90. The Hall–Kier alpha value is -2.29. The van der Waals surface area contributed by atoms with Gasteiger partial charge in [0.05, 0.1) is 30.7 Å². The van der Waals surface area contributed by atoms with E-state index in [-0.39, 0.29) is 24.0 Å². The zero-order valence-corrected chi connectivity index (χ0v) is 20.4. The number of nitrogens with zero attached hydrogens (tertiary/aromatic N) is 1. The predicted octanol–water partition coefficient (Wildman–Crippen LogP) is 4.71. The monoisotopic (exact) mass is 493 g/mol. The van der Waals surface area contributed by atoms with Crippen molar-refractivity contribution < 1.29 is 22.7 Å². The fourth-order valence-electron chi connectivity index (χ4n) is 4.00. The lowest BCUT2D eigenvalue weighted by atomic mass is 10.1. The fourth-order valence-corrected chi connectivity index (χ4v) is 7.30. The second kappa shape index (κ2) is 8.92. The number of aryl methyl sites for hydroxylation is 1. The van der Waals surface area contributed by atoms with Crippen LogP contribution in [-0.4, -0.2) is 51.0 Å². The largest absolute Gasteiger partial charge is 0.493 e. The molecule has 2 heterocycles. The van der Waals surface area contributed by atoms with Gasteiger partial charge in [-0.2, -0.15) is 0 Å². The topological polar surface area (TPSA) is 72.9 Å². The van der Waals surface area contributed by atoms with Gasteiger partial charge in [-0.05, 0) is 42.7 Å². The van der Waals surface area contributed by atoms with Crippen molar-refractivity contribution in [3.8, 4) is 11.5 Å². The summed E-state index contributed by atoms with van der Waals surface area (Å²) < 4.78 is 36.0. The third-order valence-electron chi connectivity index (χ3n) is 5.69. The van der Waals surface area contributed by atoms with E-state index >= 15 is 0 Å². The summed E-state index contributed by atoms with van der Waals surface area (Å²) in [6.45, 7) is 2.23. The average molecular weight is 494 g/mol. The van der Waals surface area contributed by atoms with Crippen LogP contribution >= 0.6 is 22.9 Å². The van der Waals surface area contributed by atoms with Gasteiger partial charge in [-0.3, -0.25) is 4.79 Å². The first kappa shape index (κ1) is 22.9. The lowest BCUT2D eigenvalue weighted by molar-refractivity contribution is 0.0686. The third kappa shape index (κ3) is 4.44. The first-order valence-electron chi connectivity index (χ1n) is 10.1. The number of rotatable bonds is 6. The lowest BCUT2D eigenvalue weighted by Crippen LogP contribution is -2.40. The van der Waals surface area contributed by atoms with Crippen molar-refractivity contribution in [1.82, 2.24) is 4.90 Å². The zero-order chi connectivity index (χ0) is 23.0. The van der Waals surface area contributed by atoms with Crippen LogP contribution in [0.25, 0.3) is 10.1 Å². The van der Waals surface area contributed by atoms with Gasteiger partial charge in [0.1, 0.15) is 4.88 Å². The molecule has 0 N–H and O–H groups in total. The highest BCUT2D eigenvalue weighted by atomic mass is 35.5. The van der Waals surface area contributed by atoms with Gasteiger partial charge in [-0.15, -0.1) is 11.3 Å². The van der Waals surface area contributed by atoms with E-state index in [0.717, 1.165) is 21.2 Å². The number of fused-ring (bicyclic) bond motifs is 1. The molecule has 1 aliphatic rings. The summed E-state index contributed by atoms with van der Waals surface area (Å²) in [5.74, 6) is 0.901. The molecule has 170 valence electrons. The molecule has 6 nitrogen and oxygen atoms in total. The smallest absolute Gasteiger partial charge is 0.266 e. The van der Waals surface area contributed by atoms with E-state index in [1.165, 1.54) is 11.3 Å². The number of methoxy groups -OCH3 is 2. The predicted molar refractivity (Wildman–Crippen MR) is 128 cm³/mol. The summed E-state index contributed by atoms with van der Waals surface area (Å²) in [6.07, 6.45) is 0.406. The number of hydrogen-bond acceptors (Lipinski definition) is 6. The molecule has 32 heavy (non-hydrogen) atoms. The van der Waals surface area contributed by atoms with Gasteiger partial charge in [-0.25, -0.2) is 8.42 Å². The van der Waals surface area contributed by atoms with Crippen molar-refractivity contribution in [3.05, 3.63) is 57.4 Å². The Morgan fingerprint density at radius 3 is 2.56 bits per heavy atom. The zero-order valence-electron chi connectivity index (χ0n) is 18.1. The van der Waals surface area contributed by atoms with Gasteiger partial charge in [0.2, 0.25) is 0 Å². The van der Waals surface area contributed by atoms with Crippen molar-refractivity contribution in [2.24, 2.45) is 0 Å². The number of halogens is 1. The van der Waals surface area contributed by atoms with Crippen molar-refractivity contribution in [2.75, 3.05) is 25.7 Å². The highest BCUT2D eigenvalue weighted by Gasteiger charge is 2.36. The van der Waals surface area contributed by atoms with Crippen molar-refractivity contribution >= 4 is 48.8 Å². The summed E-state index contributed by atoms with van der Waals surface area (Å²) >= 11 is 7.95. The SMILES string of the molecule is COc1ccc(CN(C(=O)c2sc3cc(C)ccc3c2Cl)C2CCS(=O)(=O)C2)cc1OC. The van der Waals surface area contributed by atoms with Gasteiger partial charge >= 0.3 is 0 Å². The highest BCUT2D eigenvalue weighted by Crippen LogP contribution is 2.38. The van der Waals surface area contributed by atoms with E-state index in [0.29, 0.717) is 27.8 Å². The number of hydrogen-bond donors (Lipinski definition) is 0. The summed E-state index contributed by atoms with van der Waals surface area (Å²) in [5, 5.41) is 1.24. The van der Waals surface area contributed by atoms with Crippen LogP contribution in [0, 0.1) is 6.92 Å². The van der Waals surface area contributed by atoms with Gasteiger partial charge in [-0.1, -0.05) is 29.8 Å². The van der Waals surface area contributed by atoms with E-state index < -0.39 is 15.9 Å². The standard InChI is InChI=1S/C23H24ClNO5S2/c1-14-4-6-17-20(10-14)31-22(21(17)24)23(26)25(16-8-9-32(27,28)13-16)12-15-5-7-18(29-2)19(11-15)30-3/h4-7,10-11,16H,8-9,12-13H2,1-3H3. The normalized spacial score (nSPS) is 17.4. The third-order valence-corrected chi connectivity index (χ3v) is 9.09. The van der Waals surface area contributed by atoms with Crippen molar-refractivity contribution in [1.29, 1.82) is 0 Å². The fraction of sp³-hybridized carbons (Fsp3) is 0.348. The number of ether oxygens (including phenoxy) is 2. The van der Waals surface area contributed by atoms with Crippen molar-refractivity contribution in [2.45, 2.75) is 25.9 Å². The van der Waals surface area contributed by atoms with Crippen molar-refractivity contribution in [3.63, 3.8) is 0 Å². The molecule has 0 aliphatic carbocycles. The Balaban J connectivity index is 1.73. The molecule has 0 saturated carbocycles. The van der Waals surface area contributed by atoms with Gasteiger partial charge in [0.15, 0.2) is 21.3 Å². The van der Waals surface area contributed by atoms with Gasteiger partial charge < -0.3 is 14.4 Å². The molecular formula is C23H24ClNO5S2. The van der Waals surface area contributed by atoms with Crippen LogP contribution in [0.5, 0.6) is 11.5 Å². The van der Waals surface area contributed by atoms with Crippen LogP contribution in [-0.2, 0) is 16.4 Å². The molecule has 1 unspecified atom stereocenters. The van der Waals surface area contributed by atoms with Crippen LogP contribution in [0.3, 0.4) is 0 Å². The van der Waals surface area contributed by atoms with Crippen LogP contribution in [0.15, 0.2) is 36.4 Å². The maximum atomic E-state index is 13.7. The summed E-state index contributed by atoms with van der Waals surface area (Å²) in [6, 6.07) is 10.9. The highest BCUT2D eigenvalue weighted by molar-refractivity contribution is 7.91.